The van der Waals surface area contributed by atoms with Gasteiger partial charge in [0.2, 0.25) is 0 Å². The Hall–Kier alpha value is -1.10. The highest BCUT2D eigenvalue weighted by molar-refractivity contribution is 6.30. The number of nitrogens with two attached hydrogens (primary N) is 1. The van der Waals surface area contributed by atoms with Crippen molar-refractivity contribution in [2.45, 2.75) is 12.0 Å². The maximum atomic E-state index is 11.4. The van der Waals surface area contributed by atoms with E-state index >= 15 is 0 Å². The average molecular weight is 244 g/mol. The summed E-state index contributed by atoms with van der Waals surface area (Å²) in [4.78, 5) is 11.4. The van der Waals surface area contributed by atoms with E-state index in [1.54, 1.807) is 24.3 Å². The number of carbonyl (C=O) groups is 1. The van der Waals surface area contributed by atoms with Gasteiger partial charge in [-0.3, -0.25) is 0 Å². The lowest BCUT2D eigenvalue weighted by molar-refractivity contribution is -0.148. The van der Waals surface area contributed by atoms with Gasteiger partial charge in [-0.25, -0.2) is 4.79 Å². The number of hydrogen-bond acceptors (Lipinski definition) is 4. The van der Waals surface area contributed by atoms with Gasteiger partial charge < -0.3 is 15.6 Å². The van der Waals surface area contributed by atoms with E-state index in [1.165, 1.54) is 7.11 Å². The van der Waals surface area contributed by atoms with Crippen molar-refractivity contribution in [1.29, 1.82) is 0 Å². The molecule has 0 aliphatic carbocycles. The van der Waals surface area contributed by atoms with Gasteiger partial charge in [0.15, 0.2) is 0 Å². The van der Waals surface area contributed by atoms with Gasteiger partial charge in [0.05, 0.1) is 13.7 Å². The topological polar surface area (TPSA) is 72.5 Å². The van der Waals surface area contributed by atoms with Gasteiger partial charge in [-0.1, -0.05) is 23.7 Å². The first-order valence-corrected chi connectivity index (χ1v) is 5.12. The molecule has 0 heterocycles. The third kappa shape index (κ3) is 2.95. The Labute approximate surface area is 99.0 Å². The van der Waals surface area contributed by atoms with Crippen LogP contribution in [0.3, 0.4) is 0 Å². The standard InChI is InChI=1S/C11H14ClNO3/c1-16-10(15)11(13,7-14)6-8-3-2-4-9(12)5-8/h2-5,14H,6-7,13H2,1H3/t11-/m0/s1. The smallest absolute Gasteiger partial charge is 0.328 e. The number of rotatable bonds is 4. The molecule has 4 nitrogen and oxygen atoms in total. The molecule has 0 radical (unpaired) electrons. The van der Waals surface area contributed by atoms with Gasteiger partial charge in [0.1, 0.15) is 5.54 Å². The number of aliphatic hydroxyl groups is 1. The summed E-state index contributed by atoms with van der Waals surface area (Å²) in [6, 6.07) is 6.96. The van der Waals surface area contributed by atoms with Crippen LogP contribution in [-0.2, 0) is 16.0 Å². The molecule has 3 N–H and O–H groups in total. The van der Waals surface area contributed by atoms with Crippen molar-refractivity contribution in [3.8, 4) is 0 Å². The number of halogens is 1. The van der Waals surface area contributed by atoms with Crippen LogP contribution in [0.25, 0.3) is 0 Å². The monoisotopic (exact) mass is 243 g/mol. The minimum atomic E-state index is -1.42. The zero-order valence-corrected chi connectivity index (χ0v) is 9.70. The quantitative estimate of drug-likeness (QED) is 0.766. The van der Waals surface area contributed by atoms with Gasteiger partial charge in [-0.05, 0) is 17.7 Å². The van der Waals surface area contributed by atoms with E-state index in [-0.39, 0.29) is 6.42 Å². The van der Waals surface area contributed by atoms with Crippen molar-refractivity contribution in [1.82, 2.24) is 0 Å². The maximum Gasteiger partial charge on any atom is 0.328 e. The van der Waals surface area contributed by atoms with Gasteiger partial charge in [-0.2, -0.15) is 0 Å². The molecule has 0 fully saturated rings. The second kappa shape index (κ2) is 5.30. The summed E-state index contributed by atoms with van der Waals surface area (Å²) >= 11 is 5.81. The first-order chi connectivity index (χ1) is 7.51. The molecular formula is C11H14ClNO3. The minimum Gasteiger partial charge on any atom is -0.468 e. The first kappa shape index (κ1) is 13.0. The molecular weight excluding hydrogens is 230 g/mol. The van der Waals surface area contributed by atoms with Crippen molar-refractivity contribution in [2.24, 2.45) is 5.73 Å². The number of methoxy groups -OCH3 is 1. The molecule has 16 heavy (non-hydrogen) atoms. The Morgan fingerprint density at radius 3 is 2.81 bits per heavy atom. The van der Waals surface area contributed by atoms with E-state index in [1.807, 2.05) is 0 Å². The van der Waals surface area contributed by atoms with Crippen LogP contribution in [0, 0.1) is 0 Å². The summed E-state index contributed by atoms with van der Waals surface area (Å²) in [5.74, 6) is -0.644. The first-order valence-electron chi connectivity index (χ1n) is 4.74. The van der Waals surface area contributed by atoms with Gasteiger partial charge in [-0.15, -0.1) is 0 Å². The van der Waals surface area contributed by atoms with Gasteiger partial charge in [0, 0.05) is 11.4 Å². The highest BCUT2D eigenvalue weighted by atomic mass is 35.5. The molecule has 0 unspecified atom stereocenters. The predicted octanol–water partition coefficient (Wildman–Crippen LogP) is 0.745. The van der Waals surface area contributed by atoms with Gasteiger partial charge >= 0.3 is 5.97 Å². The molecule has 1 aromatic rings. The molecule has 0 aromatic heterocycles. The molecule has 1 rings (SSSR count). The van der Waals surface area contributed by atoms with Crippen LogP contribution in [-0.4, -0.2) is 30.3 Å². The number of benzene rings is 1. The molecule has 0 aliphatic rings. The largest absolute Gasteiger partial charge is 0.468 e. The molecule has 1 atom stereocenters. The average Bonchev–Trinajstić information content (AvgIpc) is 2.27. The zero-order valence-electron chi connectivity index (χ0n) is 8.94. The Morgan fingerprint density at radius 2 is 2.31 bits per heavy atom. The third-order valence-electron chi connectivity index (χ3n) is 2.28. The summed E-state index contributed by atoms with van der Waals surface area (Å²) in [5.41, 5.74) is 5.12. The molecule has 0 spiro atoms. The Morgan fingerprint density at radius 1 is 1.62 bits per heavy atom. The van der Waals surface area contributed by atoms with E-state index in [2.05, 4.69) is 4.74 Å². The van der Waals surface area contributed by atoms with Crippen molar-refractivity contribution < 1.29 is 14.6 Å². The second-order valence-corrected chi connectivity index (χ2v) is 4.05. The second-order valence-electron chi connectivity index (χ2n) is 3.61. The van der Waals surface area contributed by atoms with Crippen LogP contribution in [0.4, 0.5) is 0 Å². The van der Waals surface area contributed by atoms with Crippen LogP contribution >= 0.6 is 11.6 Å². The van der Waals surface area contributed by atoms with Gasteiger partial charge in [0.25, 0.3) is 0 Å². The lowest BCUT2D eigenvalue weighted by Crippen LogP contribution is -2.53. The maximum absolute atomic E-state index is 11.4. The van der Waals surface area contributed by atoms with E-state index in [4.69, 9.17) is 22.4 Å². The minimum absolute atomic E-state index is 0.177. The third-order valence-corrected chi connectivity index (χ3v) is 2.52. The van der Waals surface area contributed by atoms with Crippen LogP contribution in [0.1, 0.15) is 5.56 Å². The lowest BCUT2D eigenvalue weighted by Gasteiger charge is -2.24. The van der Waals surface area contributed by atoms with Crippen molar-refractivity contribution in [3.63, 3.8) is 0 Å². The normalized spacial score (nSPS) is 14.2. The Bertz CT molecular complexity index is 383. The number of esters is 1. The zero-order chi connectivity index (χ0) is 12.2. The summed E-state index contributed by atoms with van der Waals surface area (Å²) in [6.07, 6.45) is 0.177. The summed E-state index contributed by atoms with van der Waals surface area (Å²) in [7, 11) is 1.23. The van der Waals surface area contributed by atoms with Crippen molar-refractivity contribution >= 4 is 17.6 Å². The molecule has 0 bridgehead atoms. The molecule has 88 valence electrons. The van der Waals surface area contributed by atoms with E-state index in [0.717, 1.165) is 5.56 Å². The number of ether oxygens (including phenoxy) is 1. The molecule has 0 aliphatic heterocycles. The summed E-state index contributed by atoms with van der Waals surface area (Å²) < 4.78 is 4.55. The highest BCUT2D eigenvalue weighted by Crippen LogP contribution is 2.16. The van der Waals surface area contributed by atoms with Crippen LogP contribution in [0.5, 0.6) is 0 Å². The van der Waals surface area contributed by atoms with Crippen LogP contribution < -0.4 is 5.73 Å². The Balaban J connectivity index is 2.89. The van der Waals surface area contributed by atoms with Crippen LogP contribution in [0.2, 0.25) is 5.02 Å². The van der Waals surface area contributed by atoms with Crippen molar-refractivity contribution in [2.75, 3.05) is 13.7 Å². The fourth-order valence-electron chi connectivity index (χ4n) is 1.41. The van der Waals surface area contributed by atoms with Crippen molar-refractivity contribution in [3.05, 3.63) is 34.9 Å². The summed E-state index contributed by atoms with van der Waals surface area (Å²) in [6.45, 7) is -0.480. The molecule has 0 saturated carbocycles. The number of hydrogen-bond donors (Lipinski definition) is 2. The van der Waals surface area contributed by atoms with E-state index in [9.17, 15) is 4.79 Å². The Kier molecular flexibility index (Phi) is 4.29. The molecule has 0 saturated heterocycles. The molecule has 1 aromatic carbocycles. The van der Waals surface area contributed by atoms with Crippen LogP contribution in [0.15, 0.2) is 24.3 Å². The fourth-order valence-corrected chi connectivity index (χ4v) is 1.62. The highest BCUT2D eigenvalue weighted by Gasteiger charge is 2.34. The lowest BCUT2D eigenvalue weighted by atomic mass is 9.93. The number of aliphatic hydroxyl groups excluding tert-OH is 1. The fraction of sp³-hybridized carbons (Fsp3) is 0.364. The van der Waals surface area contributed by atoms with E-state index in [0.29, 0.717) is 5.02 Å². The van der Waals surface area contributed by atoms with E-state index < -0.39 is 18.1 Å². The summed E-state index contributed by atoms with van der Waals surface area (Å²) in [5, 5.41) is 9.72. The molecule has 0 amide bonds. The molecule has 5 heteroatoms. The SMILES string of the molecule is COC(=O)[C@@](N)(CO)Cc1cccc(Cl)c1. The number of carbonyl (C=O) groups excluding carboxylic acids is 1. The predicted molar refractivity (Wildman–Crippen MR) is 61.2 cm³/mol.